The molecule has 102 valence electrons. The highest BCUT2D eigenvalue weighted by Crippen LogP contribution is 2.20. The van der Waals surface area contributed by atoms with Gasteiger partial charge in [0, 0.05) is 5.69 Å². The molecule has 0 heterocycles. The van der Waals surface area contributed by atoms with E-state index in [1.54, 1.807) is 25.1 Å². The summed E-state index contributed by atoms with van der Waals surface area (Å²) in [6, 6.07) is 5.01. The number of anilines is 1. The van der Waals surface area contributed by atoms with Gasteiger partial charge in [0.05, 0.1) is 6.54 Å². The van der Waals surface area contributed by atoms with E-state index >= 15 is 0 Å². The largest absolute Gasteiger partial charge is 0.465 e. The number of benzene rings is 1. The van der Waals surface area contributed by atoms with Crippen LogP contribution >= 0.6 is 12.2 Å². The zero-order chi connectivity index (χ0) is 14.6. The Labute approximate surface area is 114 Å². The zero-order valence-corrected chi connectivity index (χ0v) is 10.9. The average molecular weight is 283 g/mol. The van der Waals surface area contributed by atoms with Gasteiger partial charge in [0.1, 0.15) is 0 Å². The molecule has 1 rings (SSSR count). The van der Waals surface area contributed by atoms with E-state index in [0.717, 1.165) is 0 Å². The lowest BCUT2D eigenvalue weighted by Gasteiger charge is -2.17. The second kappa shape index (κ2) is 6.01. The van der Waals surface area contributed by atoms with Crippen LogP contribution in [-0.4, -0.2) is 32.4 Å². The fourth-order valence-electron chi connectivity index (χ4n) is 1.51. The van der Waals surface area contributed by atoms with Gasteiger partial charge < -0.3 is 21.3 Å². The van der Waals surface area contributed by atoms with Crippen LogP contribution < -0.4 is 11.1 Å². The van der Waals surface area contributed by atoms with E-state index in [2.05, 4.69) is 5.32 Å². The summed E-state index contributed by atoms with van der Waals surface area (Å²) in [5, 5.41) is 20.4. The van der Waals surface area contributed by atoms with Gasteiger partial charge in [-0.3, -0.25) is 0 Å². The molecule has 0 saturated carbocycles. The Morgan fingerprint density at radius 3 is 2.42 bits per heavy atom. The molecule has 1 aromatic rings. The smallest absolute Gasteiger partial charge is 0.417 e. The summed E-state index contributed by atoms with van der Waals surface area (Å²) in [7, 11) is 0. The van der Waals surface area contributed by atoms with Gasteiger partial charge in [0.2, 0.25) is 0 Å². The molecule has 0 saturated heterocycles. The molecule has 5 N–H and O–H groups in total. The SMILES string of the molecule is Cc1c(CN(C(=O)O)C(=O)O)cccc1NC(N)=S. The second-order valence-corrected chi connectivity index (χ2v) is 4.17. The molecule has 0 aliphatic rings. The molecule has 0 aliphatic heterocycles. The number of carbonyl (C=O) groups is 2. The van der Waals surface area contributed by atoms with Crippen LogP contribution in [0.25, 0.3) is 0 Å². The molecule has 0 unspecified atom stereocenters. The summed E-state index contributed by atoms with van der Waals surface area (Å²) in [5.74, 6) is 0. The fraction of sp³-hybridized carbons (Fsp3) is 0.182. The van der Waals surface area contributed by atoms with E-state index < -0.39 is 12.2 Å². The number of thiocarbonyl (C=S) groups is 1. The number of amides is 2. The van der Waals surface area contributed by atoms with Crippen molar-refractivity contribution in [3.05, 3.63) is 29.3 Å². The highest BCUT2D eigenvalue weighted by atomic mass is 32.1. The van der Waals surface area contributed by atoms with Crippen molar-refractivity contribution in [2.75, 3.05) is 5.32 Å². The molecule has 0 bridgehead atoms. The minimum absolute atomic E-state index is 0.0774. The van der Waals surface area contributed by atoms with Crippen molar-refractivity contribution in [1.82, 2.24) is 4.90 Å². The minimum Gasteiger partial charge on any atom is -0.465 e. The van der Waals surface area contributed by atoms with E-state index in [1.807, 2.05) is 0 Å². The Morgan fingerprint density at radius 2 is 1.95 bits per heavy atom. The first-order chi connectivity index (χ1) is 8.82. The molecule has 0 atom stereocenters. The molecule has 2 amide bonds. The first-order valence-electron chi connectivity index (χ1n) is 5.21. The lowest BCUT2D eigenvalue weighted by molar-refractivity contribution is 0.120. The maximum absolute atomic E-state index is 10.8. The van der Waals surface area contributed by atoms with Crippen molar-refractivity contribution in [2.45, 2.75) is 13.5 Å². The predicted molar refractivity (Wildman–Crippen MR) is 73.2 cm³/mol. The van der Waals surface area contributed by atoms with Crippen LogP contribution in [0.1, 0.15) is 11.1 Å². The molecule has 1 aromatic carbocycles. The quantitative estimate of drug-likeness (QED) is 0.625. The Bertz CT molecular complexity index is 519. The van der Waals surface area contributed by atoms with Gasteiger partial charge in [0.25, 0.3) is 0 Å². The first-order valence-corrected chi connectivity index (χ1v) is 5.62. The maximum atomic E-state index is 10.8. The summed E-state index contributed by atoms with van der Waals surface area (Å²) in [4.78, 5) is 21.9. The number of hydrogen-bond donors (Lipinski definition) is 4. The molecular formula is C11H13N3O4S. The van der Waals surface area contributed by atoms with Crippen LogP contribution in [0.3, 0.4) is 0 Å². The number of imide groups is 1. The number of nitrogens with two attached hydrogens (primary N) is 1. The van der Waals surface area contributed by atoms with Gasteiger partial charge in [-0.1, -0.05) is 12.1 Å². The highest BCUT2D eigenvalue weighted by Gasteiger charge is 2.21. The monoisotopic (exact) mass is 283 g/mol. The van der Waals surface area contributed by atoms with Crippen molar-refractivity contribution < 1.29 is 19.8 Å². The molecule has 19 heavy (non-hydrogen) atoms. The molecule has 8 heteroatoms. The van der Waals surface area contributed by atoms with Crippen molar-refractivity contribution in [1.29, 1.82) is 0 Å². The summed E-state index contributed by atoms with van der Waals surface area (Å²) >= 11 is 4.72. The van der Waals surface area contributed by atoms with Crippen LogP contribution in [0.15, 0.2) is 18.2 Å². The van der Waals surface area contributed by atoms with Crippen LogP contribution in [0.2, 0.25) is 0 Å². The van der Waals surface area contributed by atoms with Crippen LogP contribution in [0, 0.1) is 6.92 Å². The van der Waals surface area contributed by atoms with E-state index in [-0.39, 0.29) is 11.7 Å². The van der Waals surface area contributed by atoms with Gasteiger partial charge in [-0.15, -0.1) is 0 Å². The number of nitrogens with zero attached hydrogens (tertiary/aromatic N) is 1. The minimum atomic E-state index is -1.53. The Hall–Kier alpha value is -2.35. The van der Waals surface area contributed by atoms with E-state index in [4.69, 9.17) is 28.2 Å². The molecule has 0 aliphatic carbocycles. The summed E-state index contributed by atoms with van der Waals surface area (Å²) < 4.78 is 0. The highest BCUT2D eigenvalue weighted by molar-refractivity contribution is 7.80. The first kappa shape index (κ1) is 14.7. The standard InChI is InChI=1S/C11H13N3O4S/c1-6-7(5-14(10(15)16)11(17)18)3-2-4-8(6)13-9(12)19/h2-4H,5H2,1H3,(H,15,16)(H,17,18)(H3,12,13,19). The molecule has 0 fully saturated rings. The Balaban J connectivity index is 3.04. The Kier molecular flexibility index (Phi) is 4.65. The van der Waals surface area contributed by atoms with Crippen molar-refractivity contribution in [3.8, 4) is 0 Å². The molecule has 0 radical (unpaired) electrons. The normalized spacial score (nSPS) is 9.74. The zero-order valence-electron chi connectivity index (χ0n) is 10.1. The molecule has 0 aromatic heterocycles. The van der Waals surface area contributed by atoms with Crippen LogP contribution in [-0.2, 0) is 6.54 Å². The number of nitrogens with one attached hydrogen (secondary N) is 1. The third-order valence-electron chi connectivity index (χ3n) is 2.49. The topological polar surface area (TPSA) is 116 Å². The molecule has 0 spiro atoms. The summed E-state index contributed by atoms with van der Waals surface area (Å²) in [6.07, 6.45) is -3.06. The van der Waals surface area contributed by atoms with Gasteiger partial charge >= 0.3 is 12.2 Å². The summed E-state index contributed by atoms with van der Waals surface area (Å²) in [6.45, 7) is 1.46. The van der Waals surface area contributed by atoms with E-state index in [0.29, 0.717) is 21.7 Å². The number of rotatable bonds is 3. The van der Waals surface area contributed by atoms with Crippen molar-refractivity contribution in [3.63, 3.8) is 0 Å². The van der Waals surface area contributed by atoms with Crippen LogP contribution in [0.4, 0.5) is 15.3 Å². The maximum Gasteiger partial charge on any atom is 0.417 e. The third-order valence-corrected chi connectivity index (χ3v) is 2.60. The van der Waals surface area contributed by atoms with Crippen molar-refractivity contribution in [2.24, 2.45) is 5.73 Å². The van der Waals surface area contributed by atoms with Crippen LogP contribution in [0.5, 0.6) is 0 Å². The van der Waals surface area contributed by atoms with E-state index in [1.165, 1.54) is 0 Å². The number of carboxylic acid groups (broad SMARTS) is 2. The summed E-state index contributed by atoms with van der Waals surface area (Å²) in [5.41, 5.74) is 7.21. The average Bonchev–Trinajstić information content (AvgIpc) is 2.28. The van der Waals surface area contributed by atoms with E-state index in [9.17, 15) is 9.59 Å². The lowest BCUT2D eigenvalue weighted by Crippen LogP contribution is -2.34. The van der Waals surface area contributed by atoms with Gasteiger partial charge in [0.15, 0.2) is 5.11 Å². The fourth-order valence-corrected chi connectivity index (χ4v) is 1.62. The van der Waals surface area contributed by atoms with Gasteiger partial charge in [-0.2, -0.15) is 0 Å². The predicted octanol–water partition coefficient (Wildman–Crippen LogP) is 1.81. The third kappa shape index (κ3) is 3.81. The molecular weight excluding hydrogens is 270 g/mol. The Morgan fingerprint density at radius 1 is 1.37 bits per heavy atom. The lowest BCUT2D eigenvalue weighted by atomic mass is 10.1. The second-order valence-electron chi connectivity index (χ2n) is 3.73. The number of hydrogen-bond acceptors (Lipinski definition) is 3. The molecule has 7 nitrogen and oxygen atoms in total. The van der Waals surface area contributed by atoms with Gasteiger partial charge in [-0.25, -0.2) is 14.5 Å². The van der Waals surface area contributed by atoms with Gasteiger partial charge in [-0.05, 0) is 36.3 Å². The van der Waals surface area contributed by atoms with Crippen molar-refractivity contribution >= 4 is 35.2 Å².